The van der Waals surface area contributed by atoms with Crippen molar-refractivity contribution in [3.8, 4) is 0 Å². The fraction of sp³-hybridized carbons (Fsp3) is 0.500. The van der Waals surface area contributed by atoms with E-state index < -0.39 is 0 Å². The number of nitrogens with one attached hydrogen (secondary N) is 1. The van der Waals surface area contributed by atoms with E-state index in [0.717, 1.165) is 16.8 Å². The lowest BCUT2D eigenvalue weighted by molar-refractivity contribution is -0.145. The molecule has 0 aromatic heterocycles. The van der Waals surface area contributed by atoms with E-state index in [1.54, 1.807) is 18.9 Å². The molecule has 1 rings (SSSR count). The molecule has 0 heterocycles. The normalized spacial score (nSPS) is 12.1. The minimum Gasteiger partial charge on any atom is -0.469 e. The van der Waals surface area contributed by atoms with Crippen LogP contribution in [0.4, 0.5) is 5.69 Å². The lowest BCUT2D eigenvalue weighted by Crippen LogP contribution is -2.35. The van der Waals surface area contributed by atoms with E-state index in [2.05, 4.69) is 10.1 Å². The maximum absolute atomic E-state index is 12.0. The van der Waals surface area contributed by atoms with Gasteiger partial charge in [-0.05, 0) is 32.5 Å². The first-order valence-electron chi connectivity index (χ1n) is 6.97. The molecule has 0 spiro atoms. The summed E-state index contributed by atoms with van der Waals surface area (Å²) in [6.07, 6.45) is 0. The molecule has 0 aliphatic heterocycles. The Morgan fingerprint density at radius 1 is 1.33 bits per heavy atom. The largest absolute Gasteiger partial charge is 0.469 e. The summed E-state index contributed by atoms with van der Waals surface area (Å²) in [6, 6.07) is 5.89. The first kappa shape index (κ1) is 17.2. The third kappa shape index (κ3) is 5.55. The third-order valence-corrected chi connectivity index (χ3v) is 3.26. The van der Waals surface area contributed by atoms with Crippen molar-refractivity contribution in [2.75, 3.05) is 32.6 Å². The molecule has 0 aliphatic carbocycles. The number of anilines is 1. The van der Waals surface area contributed by atoms with Crippen LogP contribution in [0.1, 0.15) is 18.1 Å². The summed E-state index contributed by atoms with van der Waals surface area (Å²) >= 11 is 0. The quantitative estimate of drug-likeness (QED) is 0.815. The molecule has 1 aromatic carbocycles. The minimum atomic E-state index is -0.267. The second-order valence-electron chi connectivity index (χ2n) is 5.49. The van der Waals surface area contributed by atoms with Crippen LogP contribution in [0.2, 0.25) is 0 Å². The van der Waals surface area contributed by atoms with Gasteiger partial charge in [0.15, 0.2) is 0 Å². The molecule has 5 heteroatoms. The number of likely N-dealkylation sites (N-methyl/N-ethyl adjacent to an activating group) is 1. The predicted octanol–water partition coefficient (Wildman–Crippen LogP) is 1.98. The van der Waals surface area contributed by atoms with E-state index in [1.165, 1.54) is 7.11 Å². The van der Waals surface area contributed by atoms with E-state index in [9.17, 15) is 9.59 Å². The smallest absolute Gasteiger partial charge is 0.309 e. The molecular weight excluding hydrogens is 268 g/mol. The maximum Gasteiger partial charge on any atom is 0.309 e. The van der Waals surface area contributed by atoms with Crippen LogP contribution in [-0.2, 0) is 14.3 Å². The van der Waals surface area contributed by atoms with Gasteiger partial charge < -0.3 is 10.1 Å². The third-order valence-electron chi connectivity index (χ3n) is 3.26. The number of aryl methyl sites for hydroxylation is 2. The van der Waals surface area contributed by atoms with E-state index in [-0.39, 0.29) is 24.3 Å². The van der Waals surface area contributed by atoms with Crippen LogP contribution in [0.15, 0.2) is 18.2 Å². The van der Waals surface area contributed by atoms with Crippen molar-refractivity contribution in [2.45, 2.75) is 20.8 Å². The van der Waals surface area contributed by atoms with Gasteiger partial charge in [0.2, 0.25) is 5.91 Å². The number of methoxy groups -OCH3 is 1. The van der Waals surface area contributed by atoms with Gasteiger partial charge in [0, 0.05) is 12.2 Å². The highest BCUT2D eigenvalue weighted by atomic mass is 16.5. The molecule has 1 N–H and O–H groups in total. The number of ether oxygens (including phenoxy) is 1. The SMILES string of the molecule is COC(=O)C(C)CN(C)CC(=O)Nc1ccc(C)cc1C. The van der Waals surface area contributed by atoms with Gasteiger partial charge in [-0.25, -0.2) is 0 Å². The molecule has 1 unspecified atom stereocenters. The summed E-state index contributed by atoms with van der Waals surface area (Å²) in [5, 5.41) is 2.89. The Balaban J connectivity index is 2.51. The molecule has 1 aromatic rings. The van der Waals surface area contributed by atoms with Crippen molar-refractivity contribution >= 4 is 17.6 Å². The topological polar surface area (TPSA) is 58.6 Å². The van der Waals surface area contributed by atoms with Crippen LogP contribution in [0, 0.1) is 19.8 Å². The highest BCUT2D eigenvalue weighted by Crippen LogP contribution is 2.15. The molecule has 0 saturated heterocycles. The Morgan fingerprint density at radius 3 is 2.57 bits per heavy atom. The second kappa shape index (κ2) is 7.78. The zero-order valence-electron chi connectivity index (χ0n) is 13.4. The molecule has 1 atom stereocenters. The lowest BCUT2D eigenvalue weighted by Gasteiger charge is -2.19. The summed E-state index contributed by atoms with van der Waals surface area (Å²) < 4.78 is 4.67. The minimum absolute atomic E-state index is 0.0958. The summed E-state index contributed by atoms with van der Waals surface area (Å²) in [5.74, 6) is -0.618. The van der Waals surface area contributed by atoms with Crippen molar-refractivity contribution < 1.29 is 14.3 Å². The number of nitrogens with zero attached hydrogens (tertiary/aromatic N) is 1. The number of hydrogen-bond acceptors (Lipinski definition) is 4. The van der Waals surface area contributed by atoms with Crippen molar-refractivity contribution in [3.05, 3.63) is 29.3 Å². The van der Waals surface area contributed by atoms with Crippen molar-refractivity contribution in [3.63, 3.8) is 0 Å². The zero-order chi connectivity index (χ0) is 16.0. The average molecular weight is 292 g/mol. The van der Waals surface area contributed by atoms with Gasteiger partial charge >= 0.3 is 5.97 Å². The number of hydrogen-bond donors (Lipinski definition) is 1. The first-order chi connectivity index (χ1) is 9.83. The number of rotatable bonds is 6. The van der Waals surface area contributed by atoms with E-state index >= 15 is 0 Å². The van der Waals surface area contributed by atoms with Gasteiger partial charge in [-0.2, -0.15) is 0 Å². The van der Waals surface area contributed by atoms with Crippen LogP contribution >= 0.6 is 0 Å². The van der Waals surface area contributed by atoms with E-state index in [0.29, 0.717) is 6.54 Å². The summed E-state index contributed by atoms with van der Waals surface area (Å²) in [4.78, 5) is 25.2. The van der Waals surface area contributed by atoms with Crippen LogP contribution in [0.25, 0.3) is 0 Å². The molecular formula is C16H24N2O3. The zero-order valence-corrected chi connectivity index (χ0v) is 13.4. The Kier molecular flexibility index (Phi) is 6.37. The number of carbonyl (C=O) groups excluding carboxylic acids is 2. The summed E-state index contributed by atoms with van der Waals surface area (Å²) in [7, 11) is 3.17. The summed E-state index contributed by atoms with van der Waals surface area (Å²) in [6.45, 7) is 6.47. The standard InChI is InChI=1S/C16H24N2O3/c1-11-6-7-14(12(2)8-11)17-15(19)10-18(4)9-13(3)16(20)21-5/h6-8,13H,9-10H2,1-5H3,(H,17,19). The Labute approximate surface area is 126 Å². The Morgan fingerprint density at radius 2 is 2.00 bits per heavy atom. The van der Waals surface area contributed by atoms with Crippen molar-refractivity contribution in [1.82, 2.24) is 4.90 Å². The molecule has 5 nitrogen and oxygen atoms in total. The molecule has 0 fully saturated rings. The predicted molar refractivity (Wildman–Crippen MR) is 83.2 cm³/mol. The van der Waals surface area contributed by atoms with Crippen molar-refractivity contribution in [2.24, 2.45) is 5.92 Å². The molecule has 0 bridgehead atoms. The number of amides is 1. The fourth-order valence-corrected chi connectivity index (χ4v) is 2.20. The second-order valence-corrected chi connectivity index (χ2v) is 5.49. The van der Waals surface area contributed by atoms with E-state index in [1.807, 2.05) is 32.0 Å². The molecule has 21 heavy (non-hydrogen) atoms. The lowest BCUT2D eigenvalue weighted by atomic mass is 10.1. The van der Waals surface area contributed by atoms with Gasteiger partial charge in [-0.3, -0.25) is 14.5 Å². The first-order valence-corrected chi connectivity index (χ1v) is 6.97. The highest BCUT2D eigenvalue weighted by Gasteiger charge is 2.17. The highest BCUT2D eigenvalue weighted by molar-refractivity contribution is 5.93. The van der Waals surface area contributed by atoms with Gasteiger partial charge in [-0.15, -0.1) is 0 Å². The van der Waals surface area contributed by atoms with Gasteiger partial charge in [0.25, 0.3) is 0 Å². The van der Waals surface area contributed by atoms with Crippen LogP contribution in [0.3, 0.4) is 0 Å². The molecule has 0 radical (unpaired) electrons. The van der Waals surface area contributed by atoms with Crippen LogP contribution in [-0.4, -0.2) is 44.0 Å². The monoisotopic (exact) mass is 292 g/mol. The van der Waals surface area contributed by atoms with Gasteiger partial charge in [0.05, 0.1) is 19.6 Å². The fourth-order valence-electron chi connectivity index (χ4n) is 2.20. The molecule has 116 valence electrons. The van der Waals surface area contributed by atoms with Crippen LogP contribution in [0.5, 0.6) is 0 Å². The average Bonchev–Trinajstić information content (AvgIpc) is 2.40. The van der Waals surface area contributed by atoms with Crippen molar-refractivity contribution in [1.29, 1.82) is 0 Å². The maximum atomic E-state index is 12.0. The number of esters is 1. The molecule has 0 aliphatic rings. The number of carbonyl (C=O) groups is 2. The molecule has 0 saturated carbocycles. The van der Waals surface area contributed by atoms with E-state index in [4.69, 9.17) is 0 Å². The Hall–Kier alpha value is -1.88. The Bertz CT molecular complexity index is 514. The summed E-state index contributed by atoms with van der Waals surface area (Å²) in [5.41, 5.74) is 3.02. The molecule has 1 amide bonds. The van der Waals surface area contributed by atoms with Crippen LogP contribution < -0.4 is 5.32 Å². The van der Waals surface area contributed by atoms with Gasteiger partial charge in [0.1, 0.15) is 0 Å². The van der Waals surface area contributed by atoms with Gasteiger partial charge in [-0.1, -0.05) is 24.6 Å². The number of benzene rings is 1.